The first-order valence-electron chi connectivity index (χ1n) is 20.0. The largest absolute Gasteiger partial charge is 0.462 e. The molecule has 0 aromatic carbocycles. The SMILES string of the molecule is C=C(C)[C@@H]1CC[C@]2(COC(=O)/C=C/C(=O)n3ccnc3)CC[C@]3(C)[C@H](CCC4[C@@]5(C)CC[C@H](OC(=O)/C=C/C(=O)n6ccnc6)C(C)(C)C5CC[C@]43C)C12. The van der Waals surface area contributed by atoms with Gasteiger partial charge in [0.05, 0.1) is 6.61 Å². The number of carbonyl (C=O) groups excluding carboxylic acids is 4. The molecule has 0 bridgehead atoms. The number of esters is 2. The summed E-state index contributed by atoms with van der Waals surface area (Å²) >= 11 is 0. The molecule has 2 aromatic heterocycles. The van der Waals surface area contributed by atoms with Gasteiger partial charge in [-0.25, -0.2) is 19.6 Å². The van der Waals surface area contributed by atoms with Crippen molar-refractivity contribution in [2.75, 3.05) is 6.61 Å². The quantitative estimate of drug-likeness (QED) is 0.151. The van der Waals surface area contributed by atoms with Crippen LogP contribution in [0.1, 0.15) is 115 Å². The second kappa shape index (κ2) is 13.9. The van der Waals surface area contributed by atoms with Gasteiger partial charge in [-0.05, 0) is 117 Å². The fraction of sp³-hybridized carbons (Fsp3) is 0.636. The molecule has 0 N–H and O–H groups in total. The number of carbonyl (C=O) groups is 4. The molecule has 0 amide bonds. The summed E-state index contributed by atoms with van der Waals surface area (Å²) < 4.78 is 14.8. The molecule has 3 unspecified atom stereocenters. The topological polar surface area (TPSA) is 122 Å². The highest BCUT2D eigenvalue weighted by atomic mass is 16.5. The standard InChI is InChI=1S/C44H58N4O6/c1-29(2)30-14-19-44(26-53-37(51)12-10-35(49)47-24-22-45-27-47)21-20-42(6)31(39(30)44)8-9-33-41(5)17-16-34(40(3,4)32(41)15-18-43(33,42)7)54-38(52)13-11-36(50)48-25-23-46-28-48/h10-13,22-25,27-28,30-34,39H,1,8-9,14-21,26H2,2-7H3/b12-10+,13-11+/t30-,31+,32?,33?,34-,39?,41-,42+,43+,44+/m0/s1. The summed E-state index contributed by atoms with van der Waals surface area (Å²) in [6.07, 6.45) is 24.3. The fourth-order valence-corrected chi connectivity index (χ4v) is 13.4. The van der Waals surface area contributed by atoms with E-state index >= 15 is 0 Å². The summed E-state index contributed by atoms with van der Waals surface area (Å²) in [4.78, 5) is 58.7. The molecule has 10 nitrogen and oxygen atoms in total. The number of fused-ring (bicyclic) bond motifs is 7. The van der Waals surface area contributed by atoms with Crippen molar-refractivity contribution in [2.45, 2.75) is 112 Å². The van der Waals surface area contributed by atoms with Gasteiger partial charge in [-0.15, -0.1) is 0 Å². The number of hydrogen-bond acceptors (Lipinski definition) is 8. The maximum atomic E-state index is 13.0. The zero-order valence-corrected chi connectivity index (χ0v) is 33.0. The van der Waals surface area contributed by atoms with Crippen LogP contribution in [0.4, 0.5) is 0 Å². The fourth-order valence-electron chi connectivity index (χ4n) is 13.4. The zero-order valence-electron chi connectivity index (χ0n) is 33.0. The number of allylic oxidation sites excluding steroid dienone is 3. The number of ether oxygens (including phenoxy) is 2. The van der Waals surface area contributed by atoms with Gasteiger partial charge in [-0.3, -0.25) is 18.7 Å². The number of hydrogen-bond donors (Lipinski definition) is 0. The Morgan fingerprint density at radius 3 is 2.00 bits per heavy atom. The summed E-state index contributed by atoms with van der Waals surface area (Å²) in [6, 6.07) is 0. The van der Waals surface area contributed by atoms with Crippen LogP contribution in [0.2, 0.25) is 0 Å². The average molecular weight is 739 g/mol. The van der Waals surface area contributed by atoms with Crippen molar-refractivity contribution in [3.05, 3.63) is 73.9 Å². The van der Waals surface area contributed by atoms with E-state index in [1.54, 1.807) is 12.4 Å². The molecule has 5 fully saturated rings. The third kappa shape index (κ3) is 6.15. The lowest BCUT2D eigenvalue weighted by molar-refractivity contribution is -0.251. The van der Waals surface area contributed by atoms with Gasteiger partial charge in [0, 0.05) is 59.9 Å². The molecule has 0 radical (unpaired) electrons. The van der Waals surface area contributed by atoms with Gasteiger partial charge in [0.2, 0.25) is 0 Å². The monoisotopic (exact) mass is 738 g/mol. The van der Waals surface area contributed by atoms with Crippen LogP contribution in [0.15, 0.2) is 73.9 Å². The van der Waals surface area contributed by atoms with E-state index in [1.807, 2.05) is 0 Å². The van der Waals surface area contributed by atoms with Gasteiger partial charge in [-0.2, -0.15) is 0 Å². The van der Waals surface area contributed by atoms with E-state index in [-0.39, 0.29) is 45.0 Å². The van der Waals surface area contributed by atoms with Crippen molar-refractivity contribution in [3.63, 3.8) is 0 Å². The van der Waals surface area contributed by atoms with E-state index in [2.05, 4.69) is 58.1 Å². The molecule has 10 atom stereocenters. The van der Waals surface area contributed by atoms with Crippen LogP contribution < -0.4 is 0 Å². The molecular weight excluding hydrogens is 681 g/mol. The summed E-state index contributed by atoms with van der Waals surface area (Å²) in [5, 5.41) is 0. The van der Waals surface area contributed by atoms with Gasteiger partial charge < -0.3 is 9.47 Å². The maximum absolute atomic E-state index is 13.0. The molecule has 0 spiro atoms. The van der Waals surface area contributed by atoms with Crippen LogP contribution in [-0.4, -0.2) is 55.6 Å². The van der Waals surface area contributed by atoms with E-state index in [0.717, 1.165) is 64.2 Å². The second-order valence-corrected chi connectivity index (χ2v) is 18.7. The maximum Gasteiger partial charge on any atom is 0.331 e. The van der Waals surface area contributed by atoms with Gasteiger partial charge >= 0.3 is 11.9 Å². The van der Waals surface area contributed by atoms with E-state index in [1.165, 1.54) is 64.1 Å². The number of nitrogens with zero attached hydrogens (tertiary/aromatic N) is 4. The summed E-state index contributed by atoms with van der Waals surface area (Å²) in [5.41, 5.74) is 1.29. The summed E-state index contributed by atoms with van der Waals surface area (Å²) in [5.74, 6) is 0.599. The normalized spacial score (nSPS) is 38.2. The van der Waals surface area contributed by atoms with Crippen molar-refractivity contribution in [1.29, 1.82) is 0 Å². The van der Waals surface area contributed by atoms with Crippen molar-refractivity contribution in [1.82, 2.24) is 19.1 Å². The Morgan fingerprint density at radius 1 is 0.741 bits per heavy atom. The highest BCUT2D eigenvalue weighted by Gasteiger charge is 2.71. The molecule has 5 aliphatic rings. The predicted octanol–water partition coefficient (Wildman–Crippen LogP) is 8.29. The lowest BCUT2D eigenvalue weighted by Crippen LogP contribution is -2.67. The Bertz CT molecular complexity index is 1840. The lowest BCUT2D eigenvalue weighted by Gasteiger charge is -2.73. The first-order chi connectivity index (χ1) is 25.6. The van der Waals surface area contributed by atoms with Crippen LogP contribution >= 0.6 is 0 Å². The molecule has 0 aliphatic heterocycles. The molecule has 0 saturated heterocycles. The van der Waals surface area contributed by atoms with Crippen molar-refractivity contribution in [3.8, 4) is 0 Å². The van der Waals surface area contributed by atoms with E-state index < -0.39 is 11.9 Å². The Hall–Kier alpha value is -4.08. The first kappa shape index (κ1) is 38.2. The number of rotatable bonds is 8. The minimum absolute atomic E-state index is 0.0995. The van der Waals surface area contributed by atoms with E-state index in [0.29, 0.717) is 36.2 Å². The van der Waals surface area contributed by atoms with Crippen LogP contribution in [0.5, 0.6) is 0 Å². The predicted molar refractivity (Wildman–Crippen MR) is 204 cm³/mol. The Kier molecular flexibility index (Phi) is 9.83. The number of imidazole rings is 2. The van der Waals surface area contributed by atoms with Crippen LogP contribution in [0, 0.1) is 56.7 Å². The zero-order chi connectivity index (χ0) is 38.7. The molecule has 290 valence electrons. The third-order valence-corrected chi connectivity index (χ3v) is 16.2. The minimum atomic E-state index is -0.478. The van der Waals surface area contributed by atoms with Crippen molar-refractivity contribution >= 4 is 23.8 Å². The second-order valence-electron chi connectivity index (χ2n) is 18.7. The molecule has 10 heteroatoms. The lowest BCUT2D eigenvalue weighted by atomic mass is 9.32. The smallest absolute Gasteiger partial charge is 0.331 e. The molecule has 5 saturated carbocycles. The van der Waals surface area contributed by atoms with Gasteiger partial charge in [-0.1, -0.05) is 46.8 Å². The molecular formula is C44H58N4O6. The summed E-state index contributed by atoms with van der Waals surface area (Å²) in [7, 11) is 0. The molecule has 5 aliphatic carbocycles. The van der Waals surface area contributed by atoms with E-state index in [9.17, 15) is 19.2 Å². The molecule has 2 heterocycles. The van der Waals surface area contributed by atoms with Crippen molar-refractivity contribution < 1.29 is 28.7 Å². The number of aromatic nitrogens is 4. The Labute approximate surface area is 319 Å². The Morgan fingerprint density at radius 2 is 1.39 bits per heavy atom. The van der Waals surface area contributed by atoms with Crippen molar-refractivity contribution in [2.24, 2.45) is 56.7 Å². The highest BCUT2D eigenvalue weighted by Crippen LogP contribution is 2.77. The Balaban J connectivity index is 1.07. The molecule has 2 aromatic rings. The molecule has 7 rings (SSSR count). The van der Waals surface area contributed by atoms with Gasteiger partial charge in [0.15, 0.2) is 0 Å². The minimum Gasteiger partial charge on any atom is -0.462 e. The van der Waals surface area contributed by atoms with Gasteiger partial charge in [0.1, 0.15) is 18.8 Å². The van der Waals surface area contributed by atoms with Crippen LogP contribution in [0.3, 0.4) is 0 Å². The van der Waals surface area contributed by atoms with Gasteiger partial charge in [0.25, 0.3) is 11.8 Å². The molecule has 54 heavy (non-hydrogen) atoms. The average Bonchev–Trinajstić information content (AvgIpc) is 3.93. The first-order valence-corrected chi connectivity index (χ1v) is 20.0. The highest BCUT2D eigenvalue weighted by molar-refractivity contribution is 5.96. The summed E-state index contributed by atoms with van der Waals surface area (Å²) in [6.45, 7) is 19.4. The van der Waals surface area contributed by atoms with E-state index in [4.69, 9.17) is 9.47 Å². The third-order valence-electron chi connectivity index (χ3n) is 16.2. The van der Waals surface area contributed by atoms with Crippen LogP contribution in [0.25, 0.3) is 0 Å². The van der Waals surface area contributed by atoms with Crippen LogP contribution in [-0.2, 0) is 19.1 Å².